The Bertz CT molecular complexity index is 1050. The lowest BCUT2D eigenvalue weighted by Crippen LogP contribution is -2.35. The summed E-state index contributed by atoms with van der Waals surface area (Å²) in [5.74, 6) is -1.01. The average Bonchev–Trinajstić information content (AvgIpc) is 2.97. The van der Waals surface area contributed by atoms with Gasteiger partial charge in [0.25, 0.3) is 15.9 Å². The van der Waals surface area contributed by atoms with Crippen molar-refractivity contribution in [3.05, 3.63) is 60.2 Å². The van der Waals surface area contributed by atoms with Crippen molar-refractivity contribution in [2.75, 3.05) is 18.1 Å². The predicted octanol–water partition coefficient (Wildman–Crippen LogP) is 1.71. The van der Waals surface area contributed by atoms with E-state index in [9.17, 15) is 18.0 Å². The molecule has 152 valence electrons. The SMILES string of the molecule is CCN(C(=O)COC(=O)[C@H](C)N=C1NS(=O)(=O)c2ccccc21)c1ccccc1. The number of fused-ring (bicyclic) bond motifs is 1. The number of aliphatic imine (C=N–C) groups is 1. The third-order valence-corrected chi connectivity index (χ3v) is 5.75. The van der Waals surface area contributed by atoms with Gasteiger partial charge in [-0.1, -0.05) is 30.3 Å². The number of carbonyl (C=O) groups excluding carboxylic acids is 2. The summed E-state index contributed by atoms with van der Waals surface area (Å²) in [6.45, 7) is 3.30. The van der Waals surface area contributed by atoms with Crippen LogP contribution >= 0.6 is 0 Å². The Morgan fingerprint density at radius 3 is 2.45 bits per heavy atom. The molecular weight excluding hydrogens is 394 g/mol. The van der Waals surface area contributed by atoms with Crippen molar-refractivity contribution in [1.29, 1.82) is 0 Å². The van der Waals surface area contributed by atoms with Gasteiger partial charge in [-0.05, 0) is 38.1 Å². The molecule has 0 radical (unpaired) electrons. The number of likely N-dealkylation sites (N-methyl/N-ethyl adjacent to an activating group) is 1. The van der Waals surface area contributed by atoms with Gasteiger partial charge in [0, 0.05) is 17.8 Å². The van der Waals surface area contributed by atoms with Gasteiger partial charge in [-0.15, -0.1) is 0 Å². The van der Waals surface area contributed by atoms with Crippen LogP contribution in [0.15, 0.2) is 64.5 Å². The fourth-order valence-electron chi connectivity index (χ4n) is 2.92. The lowest BCUT2D eigenvalue weighted by Gasteiger charge is -2.21. The third-order valence-electron chi connectivity index (χ3n) is 4.35. The van der Waals surface area contributed by atoms with Gasteiger partial charge in [0.1, 0.15) is 11.9 Å². The van der Waals surface area contributed by atoms with E-state index in [1.54, 1.807) is 30.3 Å². The van der Waals surface area contributed by atoms with Crippen molar-refractivity contribution in [3.8, 4) is 0 Å². The first kappa shape index (κ1) is 20.5. The normalized spacial score (nSPS) is 16.6. The Balaban J connectivity index is 1.66. The van der Waals surface area contributed by atoms with E-state index in [4.69, 9.17) is 4.74 Å². The zero-order valence-corrected chi connectivity index (χ0v) is 16.8. The van der Waals surface area contributed by atoms with E-state index in [0.29, 0.717) is 17.8 Å². The molecule has 1 amide bonds. The van der Waals surface area contributed by atoms with Crippen LogP contribution in [0.4, 0.5) is 5.69 Å². The molecule has 0 bridgehead atoms. The maximum Gasteiger partial charge on any atom is 0.331 e. The molecule has 1 aliphatic heterocycles. The zero-order chi connectivity index (χ0) is 21.0. The number of rotatable bonds is 6. The summed E-state index contributed by atoms with van der Waals surface area (Å²) < 4.78 is 31.7. The molecule has 1 N–H and O–H groups in total. The average molecular weight is 415 g/mol. The van der Waals surface area contributed by atoms with Crippen LogP contribution in [-0.2, 0) is 24.3 Å². The smallest absolute Gasteiger partial charge is 0.331 e. The van der Waals surface area contributed by atoms with Gasteiger partial charge in [-0.3, -0.25) is 14.5 Å². The molecule has 0 unspecified atom stereocenters. The second-order valence-electron chi connectivity index (χ2n) is 6.34. The number of esters is 1. The molecule has 2 aromatic carbocycles. The van der Waals surface area contributed by atoms with Crippen molar-refractivity contribution in [2.45, 2.75) is 24.8 Å². The van der Waals surface area contributed by atoms with E-state index in [0.717, 1.165) is 0 Å². The fourth-order valence-corrected chi connectivity index (χ4v) is 4.16. The summed E-state index contributed by atoms with van der Waals surface area (Å²) in [5.41, 5.74) is 1.10. The van der Waals surface area contributed by atoms with Crippen molar-refractivity contribution in [1.82, 2.24) is 4.72 Å². The number of benzene rings is 2. The highest BCUT2D eigenvalue weighted by Crippen LogP contribution is 2.22. The molecule has 3 rings (SSSR count). The Labute approximate surface area is 169 Å². The molecule has 0 saturated carbocycles. The number of hydrogen-bond donors (Lipinski definition) is 1. The lowest BCUT2D eigenvalue weighted by molar-refractivity contribution is -0.148. The number of amidine groups is 1. The van der Waals surface area contributed by atoms with Crippen molar-refractivity contribution >= 4 is 33.4 Å². The topological polar surface area (TPSA) is 105 Å². The summed E-state index contributed by atoms with van der Waals surface area (Å²) in [5, 5.41) is 0. The van der Waals surface area contributed by atoms with E-state index >= 15 is 0 Å². The molecule has 1 aliphatic rings. The fraction of sp³-hybridized carbons (Fsp3) is 0.250. The van der Waals surface area contributed by atoms with Gasteiger partial charge in [0.15, 0.2) is 6.61 Å². The van der Waals surface area contributed by atoms with Crippen LogP contribution < -0.4 is 9.62 Å². The summed E-state index contributed by atoms with van der Waals surface area (Å²) in [4.78, 5) is 30.4. The predicted molar refractivity (Wildman–Crippen MR) is 108 cm³/mol. The number of nitrogens with zero attached hydrogens (tertiary/aromatic N) is 2. The first-order chi connectivity index (χ1) is 13.8. The highest BCUT2D eigenvalue weighted by Gasteiger charge is 2.31. The summed E-state index contributed by atoms with van der Waals surface area (Å²) in [7, 11) is -3.69. The number of amides is 1. The molecule has 9 heteroatoms. The van der Waals surface area contributed by atoms with Gasteiger partial charge in [0.05, 0.1) is 4.90 Å². The highest BCUT2D eigenvalue weighted by molar-refractivity contribution is 7.90. The number of para-hydroxylation sites is 1. The maximum atomic E-state index is 12.4. The van der Waals surface area contributed by atoms with Crippen LogP contribution in [0.25, 0.3) is 0 Å². The number of carbonyl (C=O) groups is 2. The van der Waals surface area contributed by atoms with Gasteiger partial charge >= 0.3 is 5.97 Å². The number of hydrogen-bond acceptors (Lipinski definition) is 6. The van der Waals surface area contributed by atoms with Crippen LogP contribution in [0.3, 0.4) is 0 Å². The standard InChI is InChI=1S/C20H21N3O5S/c1-3-23(15-9-5-4-6-10-15)18(24)13-28-20(25)14(2)21-19-16-11-7-8-12-17(16)29(26,27)22-19/h4-12,14H,3,13H2,1-2H3,(H,21,22)/t14-/m0/s1. The molecule has 0 fully saturated rings. The second kappa shape index (κ2) is 8.44. The van der Waals surface area contributed by atoms with Crippen LogP contribution in [0.1, 0.15) is 19.4 Å². The maximum absolute atomic E-state index is 12.4. The van der Waals surface area contributed by atoms with E-state index in [1.165, 1.54) is 17.9 Å². The van der Waals surface area contributed by atoms with Gasteiger partial charge in [0.2, 0.25) is 0 Å². The van der Waals surface area contributed by atoms with Crippen molar-refractivity contribution < 1.29 is 22.7 Å². The van der Waals surface area contributed by atoms with Crippen molar-refractivity contribution in [3.63, 3.8) is 0 Å². The molecule has 0 saturated heterocycles. The Hall–Kier alpha value is -3.20. The van der Waals surface area contributed by atoms with Gasteiger partial charge < -0.3 is 9.64 Å². The number of ether oxygens (including phenoxy) is 1. The minimum absolute atomic E-state index is 0.0795. The minimum Gasteiger partial charge on any atom is -0.454 e. The molecule has 0 aliphatic carbocycles. The first-order valence-corrected chi connectivity index (χ1v) is 10.5. The van der Waals surface area contributed by atoms with E-state index in [2.05, 4.69) is 9.71 Å². The van der Waals surface area contributed by atoms with Crippen LogP contribution in [-0.4, -0.2) is 45.3 Å². The first-order valence-electron chi connectivity index (χ1n) is 9.05. The Morgan fingerprint density at radius 1 is 1.10 bits per heavy atom. The Morgan fingerprint density at radius 2 is 1.76 bits per heavy atom. The highest BCUT2D eigenvalue weighted by atomic mass is 32.2. The monoisotopic (exact) mass is 415 g/mol. The van der Waals surface area contributed by atoms with E-state index in [-0.39, 0.29) is 16.6 Å². The van der Waals surface area contributed by atoms with Gasteiger partial charge in [-0.2, -0.15) is 0 Å². The van der Waals surface area contributed by atoms with Crippen LogP contribution in [0, 0.1) is 0 Å². The third kappa shape index (κ3) is 4.45. The molecule has 1 heterocycles. The molecule has 29 heavy (non-hydrogen) atoms. The zero-order valence-electron chi connectivity index (χ0n) is 16.0. The van der Waals surface area contributed by atoms with E-state index < -0.39 is 28.6 Å². The molecule has 0 spiro atoms. The van der Waals surface area contributed by atoms with Gasteiger partial charge in [-0.25, -0.2) is 13.2 Å². The molecule has 0 aromatic heterocycles. The summed E-state index contributed by atoms with van der Waals surface area (Å²) in [6, 6.07) is 14.4. The number of anilines is 1. The quantitative estimate of drug-likeness (QED) is 0.723. The van der Waals surface area contributed by atoms with Crippen LogP contribution in [0.2, 0.25) is 0 Å². The van der Waals surface area contributed by atoms with E-state index in [1.807, 2.05) is 25.1 Å². The summed E-state index contributed by atoms with van der Waals surface area (Å²) >= 11 is 0. The minimum atomic E-state index is -3.69. The largest absolute Gasteiger partial charge is 0.454 e. The molecule has 1 atom stereocenters. The van der Waals surface area contributed by atoms with Crippen molar-refractivity contribution in [2.24, 2.45) is 4.99 Å². The molecule has 2 aromatic rings. The van der Waals surface area contributed by atoms with Crippen LogP contribution in [0.5, 0.6) is 0 Å². The number of nitrogens with one attached hydrogen (secondary N) is 1. The number of sulfonamides is 1. The Kier molecular flexibility index (Phi) is 5.97. The molecular formula is C20H21N3O5S. The lowest BCUT2D eigenvalue weighted by atomic mass is 10.2. The summed E-state index contributed by atoms with van der Waals surface area (Å²) in [6.07, 6.45) is 0. The second-order valence-corrected chi connectivity index (χ2v) is 7.99. The molecule has 8 nitrogen and oxygen atoms in total.